The van der Waals surface area contributed by atoms with Gasteiger partial charge < -0.3 is 15.7 Å². The number of carboxylic acid groups (broad SMARTS) is 1. The van der Waals surface area contributed by atoms with Crippen LogP contribution in [-0.4, -0.2) is 30.2 Å². The lowest BCUT2D eigenvalue weighted by atomic mass is 9.67. The van der Waals surface area contributed by atoms with Gasteiger partial charge in [0, 0.05) is 13.1 Å². The first kappa shape index (κ1) is 15.8. The molecule has 0 aromatic heterocycles. The monoisotopic (exact) mass is 270 g/mol. The third-order valence-corrected chi connectivity index (χ3v) is 4.39. The molecule has 1 rings (SSSR count). The molecule has 1 aliphatic rings. The molecule has 0 aromatic carbocycles. The Labute approximate surface area is 115 Å². The van der Waals surface area contributed by atoms with E-state index in [0.717, 1.165) is 6.42 Å². The molecule has 0 bridgehead atoms. The van der Waals surface area contributed by atoms with Crippen LogP contribution in [0, 0.1) is 17.3 Å². The first-order valence-corrected chi connectivity index (χ1v) is 7.15. The summed E-state index contributed by atoms with van der Waals surface area (Å²) >= 11 is 0. The van der Waals surface area contributed by atoms with E-state index in [2.05, 4.69) is 17.6 Å². The van der Waals surface area contributed by atoms with E-state index in [4.69, 9.17) is 5.11 Å². The van der Waals surface area contributed by atoms with Gasteiger partial charge in [0.1, 0.15) is 0 Å². The lowest BCUT2D eigenvalue weighted by molar-refractivity contribution is -0.142. The van der Waals surface area contributed by atoms with Crippen LogP contribution in [0.2, 0.25) is 0 Å². The van der Waals surface area contributed by atoms with E-state index in [9.17, 15) is 9.59 Å². The first-order valence-electron chi connectivity index (χ1n) is 7.15. The fourth-order valence-electron chi connectivity index (χ4n) is 2.47. The fraction of sp³-hybridized carbons (Fsp3) is 0.857. The van der Waals surface area contributed by atoms with Gasteiger partial charge in [-0.15, -0.1) is 0 Å². The summed E-state index contributed by atoms with van der Waals surface area (Å²) in [6, 6.07) is -0.258. The Morgan fingerprint density at radius 2 is 1.89 bits per heavy atom. The second kappa shape index (κ2) is 6.78. The Kier molecular flexibility index (Phi) is 5.63. The summed E-state index contributed by atoms with van der Waals surface area (Å²) in [4.78, 5) is 22.7. The summed E-state index contributed by atoms with van der Waals surface area (Å²) < 4.78 is 0. The zero-order chi connectivity index (χ0) is 14.5. The molecule has 1 aliphatic carbocycles. The van der Waals surface area contributed by atoms with Crippen LogP contribution in [-0.2, 0) is 4.79 Å². The van der Waals surface area contributed by atoms with Gasteiger partial charge in [-0.1, -0.05) is 27.2 Å². The molecular formula is C14H26N2O3. The minimum atomic E-state index is -0.862. The van der Waals surface area contributed by atoms with Crippen molar-refractivity contribution in [1.82, 2.24) is 10.6 Å². The average Bonchev–Trinajstić information content (AvgIpc) is 2.27. The highest BCUT2D eigenvalue weighted by molar-refractivity contribution is 5.76. The number of hydrogen-bond donors (Lipinski definition) is 3. The van der Waals surface area contributed by atoms with Gasteiger partial charge in [-0.2, -0.15) is 0 Å². The predicted molar refractivity (Wildman–Crippen MR) is 73.9 cm³/mol. The van der Waals surface area contributed by atoms with Gasteiger partial charge in [-0.25, -0.2) is 4.79 Å². The minimum absolute atomic E-state index is 0.00594. The topological polar surface area (TPSA) is 78.4 Å². The molecule has 1 saturated carbocycles. The van der Waals surface area contributed by atoms with Crippen LogP contribution in [0.15, 0.2) is 0 Å². The van der Waals surface area contributed by atoms with Crippen LogP contribution in [0.4, 0.5) is 4.79 Å². The Morgan fingerprint density at radius 1 is 1.26 bits per heavy atom. The van der Waals surface area contributed by atoms with Crippen LogP contribution in [0.25, 0.3) is 0 Å². The van der Waals surface area contributed by atoms with E-state index in [0.29, 0.717) is 6.54 Å². The zero-order valence-electron chi connectivity index (χ0n) is 12.2. The zero-order valence-corrected chi connectivity index (χ0v) is 12.2. The highest BCUT2D eigenvalue weighted by atomic mass is 16.4. The Balaban J connectivity index is 2.29. The fourth-order valence-corrected chi connectivity index (χ4v) is 2.47. The molecule has 0 radical (unpaired) electrons. The number of urea groups is 1. The van der Waals surface area contributed by atoms with Gasteiger partial charge in [0.15, 0.2) is 0 Å². The molecule has 0 aromatic rings. The second-order valence-electron chi connectivity index (χ2n) is 5.96. The molecular weight excluding hydrogens is 244 g/mol. The van der Waals surface area contributed by atoms with Crippen LogP contribution in [0.3, 0.4) is 0 Å². The minimum Gasteiger partial charge on any atom is -0.481 e. The van der Waals surface area contributed by atoms with Crippen molar-refractivity contribution >= 4 is 12.0 Å². The highest BCUT2D eigenvalue weighted by Crippen LogP contribution is 2.42. The van der Waals surface area contributed by atoms with E-state index in [1.807, 2.05) is 13.8 Å². The van der Waals surface area contributed by atoms with E-state index in [1.54, 1.807) is 0 Å². The predicted octanol–water partition coefficient (Wildman–Crippen LogP) is 2.22. The summed E-state index contributed by atoms with van der Waals surface area (Å²) in [6.45, 7) is 6.71. The van der Waals surface area contributed by atoms with Gasteiger partial charge in [-0.05, 0) is 30.6 Å². The molecule has 19 heavy (non-hydrogen) atoms. The molecule has 0 spiro atoms. The van der Waals surface area contributed by atoms with Crippen molar-refractivity contribution < 1.29 is 14.7 Å². The van der Waals surface area contributed by atoms with Crippen molar-refractivity contribution in [3.8, 4) is 0 Å². The average molecular weight is 270 g/mol. The van der Waals surface area contributed by atoms with E-state index >= 15 is 0 Å². The maximum absolute atomic E-state index is 11.7. The first-order chi connectivity index (χ1) is 8.90. The molecule has 5 nitrogen and oxygen atoms in total. The van der Waals surface area contributed by atoms with Crippen LogP contribution < -0.4 is 10.6 Å². The van der Waals surface area contributed by atoms with Gasteiger partial charge in [0.25, 0.3) is 0 Å². The van der Waals surface area contributed by atoms with Gasteiger partial charge in [0.2, 0.25) is 0 Å². The molecule has 0 heterocycles. The number of amides is 2. The molecule has 1 fully saturated rings. The number of carboxylic acids is 1. The second-order valence-corrected chi connectivity index (χ2v) is 5.96. The smallest absolute Gasteiger partial charge is 0.314 e. The van der Waals surface area contributed by atoms with Gasteiger partial charge in [-0.3, -0.25) is 4.79 Å². The Hall–Kier alpha value is -1.26. The van der Waals surface area contributed by atoms with E-state index in [1.165, 1.54) is 19.3 Å². The summed E-state index contributed by atoms with van der Waals surface area (Å²) in [5.41, 5.74) is 0.279. The lowest BCUT2D eigenvalue weighted by Crippen LogP contribution is -2.47. The van der Waals surface area contributed by atoms with Crippen LogP contribution >= 0.6 is 0 Å². The van der Waals surface area contributed by atoms with Gasteiger partial charge in [0.05, 0.1) is 5.92 Å². The quantitative estimate of drug-likeness (QED) is 0.663. The summed E-state index contributed by atoms with van der Waals surface area (Å²) in [7, 11) is 0. The number of rotatable bonds is 7. The number of aliphatic carboxylic acids is 1. The van der Waals surface area contributed by atoms with Crippen molar-refractivity contribution in [3.05, 3.63) is 0 Å². The molecule has 3 N–H and O–H groups in total. The van der Waals surface area contributed by atoms with Crippen molar-refractivity contribution in [3.63, 3.8) is 0 Å². The molecule has 1 atom stereocenters. The normalized spacial score (nSPS) is 18.5. The molecule has 5 heteroatoms. The van der Waals surface area contributed by atoms with Crippen molar-refractivity contribution in [2.24, 2.45) is 17.3 Å². The van der Waals surface area contributed by atoms with Crippen LogP contribution in [0.1, 0.15) is 46.5 Å². The SMILES string of the molecule is CCC1(CNC(=O)NCC(C(=O)O)C(C)C)CCC1. The number of hydrogen-bond acceptors (Lipinski definition) is 2. The molecule has 110 valence electrons. The van der Waals surface area contributed by atoms with Gasteiger partial charge >= 0.3 is 12.0 Å². The number of carbonyl (C=O) groups is 2. The largest absolute Gasteiger partial charge is 0.481 e. The maximum atomic E-state index is 11.7. The third-order valence-electron chi connectivity index (χ3n) is 4.39. The Bertz CT molecular complexity index is 319. The third kappa shape index (κ3) is 4.40. The van der Waals surface area contributed by atoms with Crippen molar-refractivity contribution in [2.45, 2.75) is 46.5 Å². The Morgan fingerprint density at radius 3 is 2.26 bits per heavy atom. The summed E-state index contributed by atoms with van der Waals surface area (Å²) in [5.74, 6) is -1.39. The van der Waals surface area contributed by atoms with E-state index < -0.39 is 11.9 Å². The van der Waals surface area contributed by atoms with Crippen molar-refractivity contribution in [2.75, 3.05) is 13.1 Å². The molecule has 1 unspecified atom stereocenters. The van der Waals surface area contributed by atoms with E-state index in [-0.39, 0.29) is 23.9 Å². The molecule has 2 amide bonds. The highest BCUT2D eigenvalue weighted by Gasteiger charge is 2.35. The van der Waals surface area contributed by atoms with Crippen molar-refractivity contribution in [1.29, 1.82) is 0 Å². The number of carbonyl (C=O) groups excluding carboxylic acids is 1. The molecule has 0 aliphatic heterocycles. The lowest BCUT2D eigenvalue weighted by Gasteiger charge is -2.41. The van der Waals surface area contributed by atoms with Crippen LogP contribution in [0.5, 0.6) is 0 Å². The maximum Gasteiger partial charge on any atom is 0.314 e. The standard InChI is InChI=1S/C14H26N2O3/c1-4-14(6-5-7-14)9-16-13(19)15-8-11(10(2)3)12(17)18/h10-11H,4-9H2,1-3H3,(H,17,18)(H2,15,16,19). The summed E-state index contributed by atoms with van der Waals surface area (Å²) in [5, 5.41) is 14.6. The summed E-state index contributed by atoms with van der Waals surface area (Å²) in [6.07, 6.45) is 4.67. The molecule has 0 saturated heterocycles. The number of nitrogens with one attached hydrogen (secondary N) is 2.